The zero-order valence-electron chi connectivity index (χ0n) is 6.89. The van der Waals surface area contributed by atoms with Gasteiger partial charge in [-0.05, 0) is 28.1 Å². The summed E-state index contributed by atoms with van der Waals surface area (Å²) in [7, 11) is 0. The van der Waals surface area contributed by atoms with E-state index in [1.807, 2.05) is 6.07 Å². The molecule has 0 radical (unpaired) electrons. The lowest BCUT2D eigenvalue weighted by molar-refractivity contribution is 1.24. The van der Waals surface area contributed by atoms with E-state index in [9.17, 15) is 0 Å². The first-order valence-electron chi connectivity index (χ1n) is 3.83. The summed E-state index contributed by atoms with van der Waals surface area (Å²) in [6, 6.07) is 5.44. The Labute approximate surface area is 99.4 Å². The molecule has 0 fully saturated rings. The number of aromatic amines is 1. The Kier molecular flexibility index (Phi) is 2.81. The molecule has 1 aromatic carbocycles. The van der Waals surface area contributed by atoms with Crippen LogP contribution in [0.4, 0.5) is 0 Å². The largest absolute Gasteiger partial charge is 0.333 e. The number of hydrogen-bond donors (Lipinski definition) is 1. The van der Waals surface area contributed by atoms with Gasteiger partial charge in [0.05, 0.1) is 21.9 Å². The third-order valence-corrected chi connectivity index (χ3v) is 2.92. The summed E-state index contributed by atoms with van der Waals surface area (Å²) >= 11 is 14.9. The molecule has 0 unspecified atom stereocenters. The first-order chi connectivity index (χ1) is 6.66. The van der Waals surface area contributed by atoms with Gasteiger partial charge in [-0.25, -0.2) is 4.98 Å². The summed E-state index contributed by atoms with van der Waals surface area (Å²) in [6.45, 7) is 0. The predicted molar refractivity (Wildman–Crippen MR) is 61.7 cm³/mol. The molecule has 1 aromatic heterocycles. The minimum atomic E-state index is 0.537. The number of hydrogen-bond acceptors (Lipinski definition) is 1. The van der Waals surface area contributed by atoms with Gasteiger partial charge in [0.1, 0.15) is 0 Å². The molecule has 1 heterocycles. The van der Waals surface area contributed by atoms with Gasteiger partial charge < -0.3 is 4.98 Å². The van der Waals surface area contributed by atoms with Crippen LogP contribution in [-0.4, -0.2) is 9.97 Å². The minimum Gasteiger partial charge on any atom is -0.333 e. The fraction of sp³-hybridized carbons (Fsp3) is 0. The van der Waals surface area contributed by atoms with E-state index in [0.29, 0.717) is 14.8 Å². The maximum Gasteiger partial charge on any atom is 0.174 e. The number of nitrogens with one attached hydrogen (secondary N) is 1. The first-order valence-corrected chi connectivity index (χ1v) is 5.37. The summed E-state index contributed by atoms with van der Waals surface area (Å²) in [5.41, 5.74) is 1.85. The lowest BCUT2D eigenvalue weighted by Crippen LogP contribution is -1.77. The van der Waals surface area contributed by atoms with Crippen LogP contribution in [0, 0.1) is 0 Å². The van der Waals surface area contributed by atoms with Gasteiger partial charge in [-0.15, -0.1) is 0 Å². The Morgan fingerprint density at radius 2 is 2.00 bits per heavy atom. The van der Waals surface area contributed by atoms with Crippen LogP contribution in [-0.2, 0) is 0 Å². The zero-order valence-corrected chi connectivity index (χ0v) is 9.99. The molecule has 0 saturated carbocycles. The van der Waals surface area contributed by atoms with Crippen LogP contribution in [0.3, 0.4) is 0 Å². The number of benzene rings is 1. The molecule has 0 saturated heterocycles. The molecule has 0 aliphatic rings. The summed E-state index contributed by atoms with van der Waals surface area (Å²) in [4.78, 5) is 7.07. The SMILES string of the molecule is Clc1ccc(-c2cnc(Br)[nH]2)cc1Cl. The van der Waals surface area contributed by atoms with Crippen molar-refractivity contribution in [3.05, 3.63) is 39.2 Å². The van der Waals surface area contributed by atoms with Crippen LogP contribution in [0.2, 0.25) is 10.0 Å². The molecule has 0 atom stereocenters. The smallest absolute Gasteiger partial charge is 0.174 e. The fourth-order valence-corrected chi connectivity index (χ4v) is 1.72. The molecule has 2 aromatic rings. The van der Waals surface area contributed by atoms with Crippen LogP contribution >= 0.6 is 39.1 Å². The monoisotopic (exact) mass is 290 g/mol. The number of nitrogens with zero attached hydrogens (tertiary/aromatic N) is 1. The number of H-pyrrole nitrogens is 1. The molecule has 2 nitrogen and oxygen atoms in total. The number of rotatable bonds is 1. The standard InChI is InChI=1S/C9H5BrCl2N2/c10-9-13-4-8(14-9)5-1-2-6(11)7(12)3-5/h1-4H,(H,13,14). The van der Waals surface area contributed by atoms with E-state index in [-0.39, 0.29) is 0 Å². The highest BCUT2D eigenvalue weighted by molar-refractivity contribution is 9.10. The summed E-state index contributed by atoms with van der Waals surface area (Å²) < 4.78 is 0.693. The van der Waals surface area contributed by atoms with Gasteiger partial charge in [0, 0.05) is 5.56 Å². The molecule has 0 spiro atoms. The second kappa shape index (κ2) is 3.93. The van der Waals surface area contributed by atoms with Crippen LogP contribution in [0.25, 0.3) is 11.3 Å². The van der Waals surface area contributed by atoms with E-state index < -0.39 is 0 Å². The van der Waals surface area contributed by atoms with Gasteiger partial charge >= 0.3 is 0 Å². The van der Waals surface area contributed by atoms with Gasteiger partial charge in [0.25, 0.3) is 0 Å². The molecule has 14 heavy (non-hydrogen) atoms. The van der Waals surface area contributed by atoms with Crippen molar-refractivity contribution in [2.24, 2.45) is 0 Å². The number of imidazole rings is 1. The van der Waals surface area contributed by atoms with Crippen molar-refractivity contribution in [2.45, 2.75) is 0 Å². The zero-order chi connectivity index (χ0) is 10.1. The van der Waals surface area contributed by atoms with Crippen LogP contribution in [0.15, 0.2) is 29.1 Å². The highest BCUT2D eigenvalue weighted by Gasteiger charge is 2.04. The van der Waals surface area contributed by atoms with E-state index >= 15 is 0 Å². The molecule has 0 aliphatic carbocycles. The number of aromatic nitrogens is 2. The quantitative estimate of drug-likeness (QED) is 0.840. The second-order valence-electron chi connectivity index (χ2n) is 2.72. The van der Waals surface area contributed by atoms with E-state index in [4.69, 9.17) is 23.2 Å². The third kappa shape index (κ3) is 1.95. The topological polar surface area (TPSA) is 28.7 Å². The van der Waals surface area contributed by atoms with Crippen molar-refractivity contribution >= 4 is 39.1 Å². The van der Waals surface area contributed by atoms with Crippen LogP contribution < -0.4 is 0 Å². The van der Waals surface area contributed by atoms with Gasteiger partial charge in [0.15, 0.2) is 4.73 Å². The highest BCUT2D eigenvalue weighted by Crippen LogP contribution is 2.27. The van der Waals surface area contributed by atoms with Crippen molar-refractivity contribution in [3.8, 4) is 11.3 Å². The van der Waals surface area contributed by atoms with Crippen molar-refractivity contribution in [3.63, 3.8) is 0 Å². The van der Waals surface area contributed by atoms with Gasteiger partial charge in [0.2, 0.25) is 0 Å². The summed E-state index contributed by atoms with van der Waals surface area (Å²) in [5.74, 6) is 0. The maximum atomic E-state index is 5.89. The molecule has 72 valence electrons. The molecular formula is C9H5BrCl2N2. The Morgan fingerprint density at radius 1 is 1.21 bits per heavy atom. The molecule has 2 rings (SSSR count). The van der Waals surface area contributed by atoms with Gasteiger partial charge in [-0.3, -0.25) is 0 Å². The van der Waals surface area contributed by atoms with Crippen LogP contribution in [0.5, 0.6) is 0 Å². The van der Waals surface area contributed by atoms with Gasteiger partial charge in [-0.2, -0.15) is 0 Å². The Bertz CT molecular complexity index is 468. The number of halogens is 3. The highest BCUT2D eigenvalue weighted by atomic mass is 79.9. The van der Waals surface area contributed by atoms with Crippen LogP contribution in [0.1, 0.15) is 0 Å². The average Bonchev–Trinajstić information content (AvgIpc) is 2.57. The lowest BCUT2D eigenvalue weighted by Gasteiger charge is -1.99. The molecule has 0 bridgehead atoms. The maximum absolute atomic E-state index is 5.89. The van der Waals surface area contributed by atoms with Crippen molar-refractivity contribution in [1.82, 2.24) is 9.97 Å². The molecule has 5 heteroatoms. The molecule has 1 N–H and O–H groups in total. The minimum absolute atomic E-state index is 0.537. The third-order valence-electron chi connectivity index (χ3n) is 1.78. The van der Waals surface area contributed by atoms with Crippen molar-refractivity contribution < 1.29 is 0 Å². The Morgan fingerprint density at radius 3 is 2.57 bits per heavy atom. The van der Waals surface area contributed by atoms with Gasteiger partial charge in [-0.1, -0.05) is 29.3 Å². The molecule has 0 aliphatic heterocycles. The predicted octanol–water partition coefficient (Wildman–Crippen LogP) is 4.15. The van der Waals surface area contributed by atoms with E-state index in [2.05, 4.69) is 25.9 Å². The lowest BCUT2D eigenvalue weighted by atomic mass is 10.2. The first kappa shape index (κ1) is 10.0. The second-order valence-corrected chi connectivity index (χ2v) is 4.28. The Hall–Kier alpha value is -0.510. The van der Waals surface area contributed by atoms with E-state index in [1.54, 1.807) is 18.3 Å². The fourth-order valence-electron chi connectivity index (χ4n) is 1.11. The van der Waals surface area contributed by atoms with Crippen molar-refractivity contribution in [2.75, 3.05) is 0 Å². The van der Waals surface area contributed by atoms with Crippen molar-refractivity contribution in [1.29, 1.82) is 0 Å². The molecular weight excluding hydrogens is 287 g/mol. The normalized spacial score (nSPS) is 10.5. The van der Waals surface area contributed by atoms with E-state index in [1.165, 1.54) is 0 Å². The summed E-state index contributed by atoms with van der Waals surface area (Å²) in [6.07, 6.45) is 1.73. The molecule has 0 amide bonds. The Balaban J connectivity index is 2.47. The average molecular weight is 292 g/mol. The van der Waals surface area contributed by atoms with E-state index in [0.717, 1.165) is 11.3 Å². The summed E-state index contributed by atoms with van der Waals surface area (Å²) in [5, 5.41) is 1.09.